The Bertz CT molecular complexity index is 607. The van der Waals surface area contributed by atoms with Crippen LogP contribution in [-0.2, 0) is 0 Å². The van der Waals surface area contributed by atoms with Gasteiger partial charge in [0.2, 0.25) is 0 Å². The fourth-order valence-corrected chi connectivity index (χ4v) is 4.15. The van der Waals surface area contributed by atoms with E-state index in [0.717, 1.165) is 19.3 Å². The summed E-state index contributed by atoms with van der Waals surface area (Å²) in [6.45, 7) is -0.115. The van der Waals surface area contributed by atoms with Crippen LogP contribution < -0.4 is 11.2 Å². The molecular formula is C13H18N2O4S. The van der Waals surface area contributed by atoms with E-state index in [-0.39, 0.29) is 28.7 Å². The SMILES string of the molecule is O=c1[nH]c(=O)n([C@H]2C[C@H](O)[C@@H](CO)S2)cc1C1CCC1. The molecule has 0 unspecified atom stereocenters. The molecule has 2 aliphatic rings. The number of hydrogen-bond acceptors (Lipinski definition) is 5. The summed E-state index contributed by atoms with van der Waals surface area (Å²) < 4.78 is 1.50. The summed E-state index contributed by atoms with van der Waals surface area (Å²) in [4.78, 5) is 26.2. The molecular weight excluding hydrogens is 280 g/mol. The predicted molar refractivity (Wildman–Crippen MR) is 76.0 cm³/mol. The van der Waals surface area contributed by atoms with Gasteiger partial charge in [-0.3, -0.25) is 14.3 Å². The van der Waals surface area contributed by atoms with Gasteiger partial charge in [-0.15, -0.1) is 11.8 Å². The van der Waals surface area contributed by atoms with E-state index in [1.807, 2.05) is 0 Å². The molecule has 3 atom stereocenters. The van der Waals surface area contributed by atoms with E-state index in [2.05, 4.69) is 4.98 Å². The zero-order chi connectivity index (χ0) is 14.3. The number of aliphatic hydroxyl groups is 2. The monoisotopic (exact) mass is 298 g/mol. The van der Waals surface area contributed by atoms with Crippen molar-refractivity contribution in [1.82, 2.24) is 9.55 Å². The van der Waals surface area contributed by atoms with Crippen LogP contribution in [0.5, 0.6) is 0 Å². The Hall–Kier alpha value is -1.05. The number of nitrogens with zero attached hydrogens (tertiary/aromatic N) is 1. The normalized spacial score (nSPS) is 30.4. The van der Waals surface area contributed by atoms with Gasteiger partial charge in [-0.25, -0.2) is 4.79 Å². The maximum atomic E-state index is 12.0. The van der Waals surface area contributed by atoms with Crippen molar-refractivity contribution in [3.63, 3.8) is 0 Å². The van der Waals surface area contributed by atoms with Crippen LogP contribution in [0.25, 0.3) is 0 Å². The lowest BCUT2D eigenvalue weighted by Gasteiger charge is -2.25. The molecule has 3 rings (SSSR count). The van der Waals surface area contributed by atoms with Crippen LogP contribution in [0.4, 0.5) is 0 Å². The molecule has 1 aliphatic carbocycles. The van der Waals surface area contributed by atoms with Crippen molar-refractivity contribution >= 4 is 11.8 Å². The van der Waals surface area contributed by atoms with Crippen molar-refractivity contribution < 1.29 is 10.2 Å². The van der Waals surface area contributed by atoms with Crippen LogP contribution in [-0.4, -0.2) is 37.7 Å². The van der Waals surface area contributed by atoms with Crippen molar-refractivity contribution in [3.05, 3.63) is 32.6 Å². The third kappa shape index (κ3) is 2.34. The largest absolute Gasteiger partial charge is 0.395 e. The predicted octanol–water partition coefficient (Wildman–Crippen LogP) is 0.161. The second-order valence-electron chi connectivity index (χ2n) is 5.49. The first-order valence-electron chi connectivity index (χ1n) is 6.90. The van der Waals surface area contributed by atoms with Crippen molar-refractivity contribution in [2.45, 2.75) is 48.3 Å². The molecule has 0 aromatic carbocycles. The molecule has 0 spiro atoms. The highest BCUT2D eigenvalue weighted by Crippen LogP contribution is 2.41. The van der Waals surface area contributed by atoms with E-state index in [4.69, 9.17) is 0 Å². The van der Waals surface area contributed by atoms with E-state index in [0.29, 0.717) is 12.0 Å². The summed E-state index contributed by atoms with van der Waals surface area (Å²) in [5.74, 6) is 0.246. The summed E-state index contributed by atoms with van der Waals surface area (Å²) in [6, 6.07) is 0. The third-order valence-corrected chi connectivity index (χ3v) is 5.78. The number of aromatic amines is 1. The number of rotatable bonds is 3. The fourth-order valence-electron chi connectivity index (χ4n) is 2.78. The van der Waals surface area contributed by atoms with Gasteiger partial charge in [-0.2, -0.15) is 0 Å². The molecule has 0 amide bonds. The first-order valence-corrected chi connectivity index (χ1v) is 7.84. The van der Waals surface area contributed by atoms with Gasteiger partial charge in [0, 0.05) is 18.2 Å². The molecule has 1 aromatic rings. The Morgan fingerprint density at radius 2 is 2.15 bits per heavy atom. The zero-order valence-corrected chi connectivity index (χ0v) is 11.8. The first-order chi connectivity index (χ1) is 9.60. The van der Waals surface area contributed by atoms with Crippen LogP contribution >= 0.6 is 11.8 Å². The molecule has 7 heteroatoms. The van der Waals surface area contributed by atoms with Crippen LogP contribution in [0, 0.1) is 0 Å². The fraction of sp³-hybridized carbons (Fsp3) is 0.692. The number of aliphatic hydroxyl groups excluding tert-OH is 2. The van der Waals surface area contributed by atoms with Crippen LogP contribution in [0.15, 0.2) is 15.8 Å². The number of thioether (sulfide) groups is 1. The molecule has 2 heterocycles. The first kappa shape index (κ1) is 13.9. The van der Waals surface area contributed by atoms with E-state index in [1.54, 1.807) is 6.20 Å². The minimum Gasteiger partial charge on any atom is -0.395 e. The molecule has 2 fully saturated rings. The second-order valence-corrected chi connectivity index (χ2v) is 6.92. The molecule has 1 aromatic heterocycles. The van der Waals surface area contributed by atoms with Gasteiger partial charge in [0.25, 0.3) is 5.56 Å². The summed E-state index contributed by atoms with van der Waals surface area (Å²) in [5, 5.41) is 18.5. The van der Waals surface area contributed by atoms with Crippen molar-refractivity contribution in [2.75, 3.05) is 6.61 Å². The number of nitrogens with one attached hydrogen (secondary N) is 1. The average molecular weight is 298 g/mol. The molecule has 6 nitrogen and oxygen atoms in total. The Morgan fingerprint density at radius 1 is 1.40 bits per heavy atom. The molecule has 1 saturated carbocycles. The Labute approximate surface area is 119 Å². The lowest BCUT2D eigenvalue weighted by atomic mass is 9.81. The summed E-state index contributed by atoms with van der Waals surface area (Å²) in [5.41, 5.74) is -0.0713. The summed E-state index contributed by atoms with van der Waals surface area (Å²) in [6.07, 6.45) is 4.52. The lowest BCUT2D eigenvalue weighted by Crippen LogP contribution is -2.34. The van der Waals surface area contributed by atoms with E-state index >= 15 is 0 Å². The molecule has 20 heavy (non-hydrogen) atoms. The van der Waals surface area contributed by atoms with Gasteiger partial charge in [-0.05, 0) is 18.8 Å². The topological polar surface area (TPSA) is 95.3 Å². The summed E-state index contributed by atoms with van der Waals surface area (Å²) in [7, 11) is 0. The second kappa shape index (κ2) is 5.38. The van der Waals surface area contributed by atoms with Gasteiger partial charge in [-0.1, -0.05) is 6.42 Å². The Kier molecular flexibility index (Phi) is 3.74. The average Bonchev–Trinajstić information content (AvgIpc) is 2.71. The van der Waals surface area contributed by atoms with Gasteiger partial charge in [0.1, 0.15) is 0 Å². The standard InChI is InChI=1S/C13H18N2O4S/c16-6-10-9(17)4-11(20-10)15-5-8(7-2-1-3-7)12(18)14-13(15)19/h5,7,9-11,16-17H,1-4,6H2,(H,14,18,19)/t9-,10+,11+/m0/s1. The van der Waals surface area contributed by atoms with Crippen LogP contribution in [0.2, 0.25) is 0 Å². The highest BCUT2D eigenvalue weighted by molar-refractivity contribution is 8.00. The molecule has 3 N–H and O–H groups in total. The Balaban J connectivity index is 1.93. The van der Waals surface area contributed by atoms with Gasteiger partial charge in [0.15, 0.2) is 0 Å². The molecule has 0 bridgehead atoms. The van der Waals surface area contributed by atoms with Gasteiger partial charge in [0.05, 0.1) is 23.3 Å². The summed E-state index contributed by atoms with van der Waals surface area (Å²) >= 11 is 1.38. The van der Waals surface area contributed by atoms with Gasteiger partial charge < -0.3 is 10.2 Å². The number of H-pyrrole nitrogens is 1. The number of aromatic nitrogens is 2. The van der Waals surface area contributed by atoms with Gasteiger partial charge >= 0.3 is 5.69 Å². The quantitative estimate of drug-likeness (QED) is 0.739. The Morgan fingerprint density at radius 3 is 2.70 bits per heavy atom. The highest BCUT2D eigenvalue weighted by atomic mass is 32.2. The van der Waals surface area contributed by atoms with Crippen LogP contribution in [0.3, 0.4) is 0 Å². The maximum absolute atomic E-state index is 12.0. The minimum atomic E-state index is -0.624. The van der Waals surface area contributed by atoms with Crippen molar-refractivity contribution in [2.24, 2.45) is 0 Å². The molecule has 1 saturated heterocycles. The smallest absolute Gasteiger partial charge is 0.329 e. The highest BCUT2D eigenvalue weighted by Gasteiger charge is 2.35. The van der Waals surface area contributed by atoms with E-state index < -0.39 is 11.8 Å². The molecule has 0 radical (unpaired) electrons. The lowest BCUT2D eigenvalue weighted by molar-refractivity contribution is 0.137. The van der Waals surface area contributed by atoms with Crippen LogP contribution in [0.1, 0.15) is 42.5 Å². The minimum absolute atomic E-state index is 0.115. The maximum Gasteiger partial charge on any atom is 0.329 e. The van der Waals surface area contributed by atoms with E-state index in [9.17, 15) is 19.8 Å². The molecule has 1 aliphatic heterocycles. The third-order valence-electron chi connectivity index (χ3n) is 4.23. The zero-order valence-electron chi connectivity index (χ0n) is 11.0. The number of hydrogen-bond donors (Lipinski definition) is 3. The van der Waals surface area contributed by atoms with Crippen molar-refractivity contribution in [3.8, 4) is 0 Å². The van der Waals surface area contributed by atoms with Crippen molar-refractivity contribution in [1.29, 1.82) is 0 Å². The van der Waals surface area contributed by atoms with E-state index in [1.165, 1.54) is 16.3 Å². The molecule has 110 valence electrons.